The molecule has 96 valence electrons. The highest BCUT2D eigenvalue weighted by atomic mass is 35.5. The number of thiazole rings is 1. The number of hydrogen-bond donors (Lipinski definition) is 1. The molecule has 19 heavy (non-hydrogen) atoms. The van der Waals surface area contributed by atoms with Gasteiger partial charge in [-0.15, -0.1) is 11.3 Å². The molecule has 0 fully saturated rings. The minimum Gasteiger partial charge on any atom is -0.380 e. The van der Waals surface area contributed by atoms with Gasteiger partial charge in [0.15, 0.2) is 0 Å². The van der Waals surface area contributed by atoms with Crippen LogP contribution in [0.25, 0.3) is 5.69 Å². The summed E-state index contributed by atoms with van der Waals surface area (Å²) in [5.41, 5.74) is 1.56. The molecule has 4 nitrogen and oxygen atoms in total. The van der Waals surface area contributed by atoms with Crippen LogP contribution in [0, 0.1) is 0 Å². The van der Waals surface area contributed by atoms with Gasteiger partial charge in [-0.25, -0.2) is 9.67 Å². The first-order valence-electron chi connectivity index (χ1n) is 5.64. The van der Waals surface area contributed by atoms with Crippen molar-refractivity contribution in [2.24, 2.45) is 0 Å². The Balaban J connectivity index is 2.01. The lowest BCUT2D eigenvalue weighted by Crippen LogP contribution is -2.08. The third kappa shape index (κ3) is 2.40. The summed E-state index contributed by atoms with van der Waals surface area (Å²) in [5, 5.41) is 15.2. The van der Waals surface area contributed by atoms with Crippen LogP contribution in [0.15, 0.2) is 48.8 Å². The van der Waals surface area contributed by atoms with Crippen molar-refractivity contribution in [3.8, 4) is 5.69 Å². The van der Waals surface area contributed by atoms with E-state index in [1.165, 1.54) is 17.5 Å². The van der Waals surface area contributed by atoms with Crippen LogP contribution in [0.3, 0.4) is 0 Å². The summed E-state index contributed by atoms with van der Waals surface area (Å²) in [6, 6.07) is 11.4. The second kappa shape index (κ2) is 5.13. The average molecular weight is 292 g/mol. The molecule has 0 bridgehead atoms. The average Bonchev–Trinajstić information content (AvgIpc) is 3.07. The molecule has 0 saturated heterocycles. The monoisotopic (exact) mass is 291 g/mol. The van der Waals surface area contributed by atoms with E-state index in [1.54, 1.807) is 16.9 Å². The van der Waals surface area contributed by atoms with Gasteiger partial charge in [0.05, 0.1) is 17.6 Å². The van der Waals surface area contributed by atoms with Gasteiger partial charge in [0.1, 0.15) is 15.4 Å². The van der Waals surface area contributed by atoms with Gasteiger partial charge < -0.3 is 5.11 Å². The topological polar surface area (TPSA) is 50.9 Å². The standard InChI is InChI=1S/C13H10ClN3OS/c14-11-8-15-13(19-11)12(18)10-6-7-16-17(10)9-4-2-1-3-5-9/h1-8,12,18H. The van der Waals surface area contributed by atoms with Crippen LogP contribution in [-0.2, 0) is 0 Å². The van der Waals surface area contributed by atoms with Crippen LogP contribution in [0.4, 0.5) is 0 Å². The van der Waals surface area contributed by atoms with Gasteiger partial charge in [-0.3, -0.25) is 0 Å². The molecular weight excluding hydrogens is 282 g/mol. The van der Waals surface area contributed by atoms with Crippen LogP contribution in [0.2, 0.25) is 4.34 Å². The fourth-order valence-corrected chi connectivity index (χ4v) is 2.75. The zero-order valence-corrected chi connectivity index (χ0v) is 11.3. The summed E-state index contributed by atoms with van der Waals surface area (Å²) in [6.45, 7) is 0. The van der Waals surface area contributed by atoms with Gasteiger partial charge in [-0.05, 0) is 18.2 Å². The second-order valence-corrected chi connectivity index (χ2v) is 5.60. The Morgan fingerprint density at radius 3 is 2.68 bits per heavy atom. The number of para-hydroxylation sites is 1. The number of halogens is 1. The largest absolute Gasteiger partial charge is 0.380 e. The van der Waals surface area contributed by atoms with Gasteiger partial charge >= 0.3 is 0 Å². The Hall–Kier alpha value is -1.69. The molecule has 1 unspecified atom stereocenters. The molecule has 1 N–H and O–H groups in total. The van der Waals surface area contributed by atoms with Crippen molar-refractivity contribution >= 4 is 22.9 Å². The highest BCUT2D eigenvalue weighted by Crippen LogP contribution is 2.29. The SMILES string of the molecule is OC(c1ncc(Cl)s1)c1ccnn1-c1ccccc1. The maximum absolute atomic E-state index is 10.4. The van der Waals surface area contributed by atoms with Crippen molar-refractivity contribution in [3.05, 3.63) is 63.8 Å². The summed E-state index contributed by atoms with van der Waals surface area (Å²) < 4.78 is 2.25. The minimum atomic E-state index is -0.833. The molecule has 3 rings (SSSR count). The zero-order valence-electron chi connectivity index (χ0n) is 9.77. The highest BCUT2D eigenvalue weighted by molar-refractivity contribution is 7.15. The summed E-state index contributed by atoms with van der Waals surface area (Å²) in [5.74, 6) is 0. The Bertz CT molecular complexity index is 680. The normalized spacial score (nSPS) is 12.5. The number of aliphatic hydroxyl groups is 1. The van der Waals surface area contributed by atoms with E-state index in [4.69, 9.17) is 11.6 Å². The van der Waals surface area contributed by atoms with E-state index >= 15 is 0 Å². The lowest BCUT2D eigenvalue weighted by molar-refractivity contribution is 0.211. The highest BCUT2D eigenvalue weighted by Gasteiger charge is 2.19. The molecule has 1 aromatic carbocycles. The summed E-state index contributed by atoms with van der Waals surface area (Å²) >= 11 is 7.11. The molecule has 0 aliphatic rings. The predicted octanol–water partition coefficient (Wildman–Crippen LogP) is 3.06. The number of nitrogens with zero attached hydrogens (tertiary/aromatic N) is 3. The number of hydrogen-bond acceptors (Lipinski definition) is 4. The number of benzene rings is 1. The molecule has 3 aromatic rings. The van der Waals surface area contributed by atoms with Crippen molar-refractivity contribution in [3.63, 3.8) is 0 Å². The van der Waals surface area contributed by atoms with Crippen molar-refractivity contribution in [2.75, 3.05) is 0 Å². The van der Waals surface area contributed by atoms with Crippen molar-refractivity contribution < 1.29 is 5.11 Å². The van der Waals surface area contributed by atoms with E-state index in [0.29, 0.717) is 15.0 Å². The molecular formula is C13H10ClN3OS. The Morgan fingerprint density at radius 1 is 1.21 bits per heavy atom. The zero-order chi connectivity index (χ0) is 13.2. The van der Waals surface area contributed by atoms with E-state index in [2.05, 4.69) is 10.1 Å². The van der Waals surface area contributed by atoms with Crippen molar-refractivity contribution in [2.45, 2.75) is 6.10 Å². The fraction of sp³-hybridized carbons (Fsp3) is 0.0769. The maximum Gasteiger partial charge on any atom is 0.147 e. The van der Waals surface area contributed by atoms with E-state index in [9.17, 15) is 5.11 Å². The van der Waals surface area contributed by atoms with E-state index in [1.807, 2.05) is 30.3 Å². The van der Waals surface area contributed by atoms with E-state index < -0.39 is 6.10 Å². The Morgan fingerprint density at radius 2 is 2.00 bits per heavy atom. The number of aliphatic hydroxyl groups excluding tert-OH is 1. The first-order valence-corrected chi connectivity index (χ1v) is 6.84. The Kier molecular flexibility index (Phi) is 3.33. The van der Waals surface area contributed by atoms with Gasteiger partial charge in [0, 0.05) is 6.20 Å². The number of rotatable bonds is 3. The van der Waals surface area contributed by atoms with Crippen LogP contribution in [0.1, 0.15) is 16.8 Å². The van der Waals surface area contributed by atoms with Gasteiger partial charge in [-0.1, -0.05) is 29.8 Å². The molecule has 1 atom stereocenters. The first kappa shape index (κ1) is 12.3. The predicted molar refractivity (Wildman–Crippen MR) is 74.7 cm³/mol. The van der Waals surface area contributed by atoms with Crippen LogP contribution in [0.5, 0.6) is 0 Å². The van der Waals surface area contributed by atoms with Crippen molar-refractivity contribution in [1.29, 1.82) is 0 Å². The molecule has 0 saturated carbocycles. The third-order valence-electron chi connectivity index (χ3n) is 2.68. The van der Waals surface area contributed by atoms with Crippen LogP contribution < -0.4 is 0 Å². The van der Waals surface area contributed by atoms with Crippen LogP contribution in [-0.4, -0.2) is 19.9 Å². The lowest BCUT2D eigenvalue weighted by atomic mass is 10.2. The Labute approximate surface area is 118 Å². The molecule has 0 spiro atoms. The fourth-order valence-electron chi connectivity index (χ4n) is 1.83. The van der Waals surface area contributed by atoms with Crippen LogP contribution >= 0.6 is 22.9 Å². The lowest BCUT2D eigenvalue weighted by Gasteiger charge is -2.11. The second-order valence-electron chi connectivity index (χ2n) is 3.91. The summed E-state index contributed by atoms with van der Waals surface area (Å²) in [7, 11) is 0. The van der Waals surface area contributed by atoms with E-state index in [-0.39, 0.29) is 0 Å². The third-order valence-corrected chi connectivity index (χ3v) is 3.85. The molecule has 0 amide bonds. The smallest absolute Gasteiger partial charge is 0.147 e. The first-order chi connectivity index (χ1) is 9.25. The van der Waals surface area contributed by atoms with E-state index in [0.717, 1.165) is 5.69 Å². The van der Waals surface area contributed by atoms with Gasteiger partial charge in [0.2, 0.25) is 0 Å². The maximum atomic E-state index is 10.4. The number of aromatic nitrogens is 3. The molecule has 0 aliphatic heterocycles. The van der Waals surface area contributed by atoms with Gasteiger partial charge in [-0.2, -0.15) is 5.10 Å². The van der Waals surface area contributed by atoms with Gasteiger partial charge in [0.25, 0.3) is 0 Å². The molecule has 0 radical (unpaired) electrons. The molecule has 2 aromatic heterocycles. The van der Waals surface area contributed by atoms with Crippen molar-refractivity contribution in [1.82, 2.24) is 14.8 Å². The summed E-state index contributed by atoms with van der Waals surface area (Å²) in [4.78, 5) is 4.10. The minimum absolute atomic E-state index is 0.555. The molecule has 0 aliphatic carbocycles. The molecule has 2 heterocycles. The quantitative estimate of drug-likeness (QED) is 0.807. The summed E-state index contributed by atoms with van der Waals surface area (Å²) in [6.07, 6.45) is 2.36. The molecule has 6 heteroatoms.